The Labute approximate surface area is 112 Å². The van der Waals surface area contributed by atoms with Crippen LogP contribution >= 0.6 is 0 Å². The molecule has 102 valence electrons. The van der Waals surface area contributed by atoms with E-state index in [2.05, 4.69) is 50.1 Å². The molecule has 0 amide bonds. The summed E-state index contributed by atoms with van der Waals surface area (Å²) in [5, 5.41) is 3.68. The summed E-state index contributed by atoms with van der Waals surface area (Å²) < 4.78 is 0. The third-order valence-electron chi connectivity index (χ3n) is 3.48. The highest BCUT2D eigenvalue weighted by molar-refractivity contribution is 5.15. The molecular weight excluding hydrogens is 220 g/mol. The molecule has 0 aromatic carbocycles. The van der Waals surface area contributed by atoms with Gasteiger partial charge in [-0.15, -0.1) is 0 Å². The third-order valence-corrected chi connectivity index (χ3v) is 3.48. The topological polar surface area (TPSA) is 24.9 Å². The molecule has 1 unspecified atom stereocenters. The molecule has 18 heavy (non-hydrogen) atoms. The Morgan fingerprint density at radius 1 is 1.22 bits per heavy atom. The van der Waals surface area contributed by atoms with Crippen LogP contribution < -0.4 is 5.32 Å². The van der Waals surface area contributed by atoms with Crippen molar-refractivity contribution in [2.45, 2.75) is 64.8 Å². The van der Waals surface area contributed by atoms with Crippen molar-refractivity contribution in [3.05, 3.63) is 30.1 Å². The maximum atomic E-state index is 4.08. The highest BCUT2D eigenvalue weighted by Crippen LogP contribution is 2.25. The third kappa shape index (κ3) is 5.63. The molecule has 1 N–H and O–H groups in total. The Morgan fingerprint density at radius 2 is 1.89 bits per heavy atom. The monoisotopic (exact) mass is 248 g/mol. The maximum absolute atomic E-state index is 4.08. The number of nitrogens with zero attached hydrogens (tertiary/aromatic N) is 1. The number of unbranched alkanes of at least 4 members (excludes halogenated alkanes) is 2. The van der Waals surface area contributed by atoms with E-state index in [0.29, 0.717) is 5.92 Å². The van der Waals surface area contributed by atoms with Crippen LogP contribution in [0.3, 0.4) is 0 Å². The fourth-order valence-electron chi connectivity index (χ4n) is 2.45. The van der Waals surface area contributed by atoms with Crippen LogP contribution in [0, 0.1) is 0 Å². The van der Waals surface area contributed by atoms with Crippen LogP contribution in [0.15, 0.2) is 24.5 Å². The van der Waals surface area contributed by atoms with E-state index in [1.165, 1.54) is 24.8 Å². The molecule has 2 heteroatoms. The van der Waals surface area contributed by atoms with Gasteiger partial charge in [0.25, 0.3) is 0 Å². The molecule has 0 saturated carbocycles. The first kappa shape index (κ1) is 15.2. The minimum absolute atomic E-state index is 0.205. The number of nitrogens with one attached hydrogen (secondary N) is 1. The quantitative estimate of drug-likeness (QED) is 0.700. The number of hydrogen-bond donors (Lipinski definition) is 1. The zero-order valence-corrected chi connectivity index (χ0v) is 12.4. The Bertz CT molecular complexity index is 319. The van der Waals surface area contributed by atoms with Crippen molar-refractivity contribution in [3.8, 4) is 0 Å². The lowest BCUT2D eigenvalue weighted by Gasteiger charge is -2.30. The van der Waals surface area contributed by atoms with Gasteiger partial charge in [0.15, 0.2) is 0 Å². The molecule has 0 fully saturated rings. The normalized spacial score (nSPS) is 13.6. The Balaban J connectivity index is 2.39. The fourth-order valence-corrected chi connectivity index (χ4v) is 2.45. The van der Waals surface area contributed by atoms with Crippen LogP contribution in [0.5, 0.6) is 0 Å². The molecule has 1 heterocycles. The first-order chi connectivity index (χ1) is 8.55. The van der Waals surface area contributed by atoms with E-state index in [1.807, 2.05) is 12.4 Å². The minimum atomic E-state index is 0.205. The van der Waals surface area contributed by atoms with Gasteiger partial charge >= 0.3 is 0 Å². The molecule has 0 radical (unpaired) electrons. The van der Waals surface area contributed by atoms with Crippen LogP contribution in [0.2, 0.25) is 0 Å². The molecule has 0 aliphatic heterocycles. The van der Waals surface area contributed by atoms with Gasteiger partial charge in [-0.2, -0.15) is 0 Å². The molecule has 0 saturated heterocycles. The molecule has 1 aromatic heterocycles. The van der Waals surface area contributed by atoms with Crippen LogP contribution in [-0.4, -0.2) is 17.1 Å². The number of hydrogen-bond acceptors (Lipinski definition) is 2. The van der Waals surface area contributed by atoms with E-state index >= 15 is 0 Å². The maximum Gasteiger partial charge on any atom is 0.0270 e. The summed E-state index contributed by atoms with van der Waals surface area (Å²) in [5.41, 5.74) is 1.59. The first-order valence-electron chi connectivity index (χ1n) is 7.20. The van der Waals surface area contributed by atoms with E-state index in [1.54, 1.807) is 0 Å². The van der Waals surface area contributed by atoms with Crippen molar-refractivity contribution in [1.29, 1.82) is 0 Å². The van der Waals surface area contributed by atoms with Gasteiger partial charge in [-0.25, -0.2) is 0 Å². The van der Waals surface area contributed by atoms with Crippen molar-refractivity contribution in [1.82, 2.24) is 10.3 Å². The largest absolute Gasteiger partial charge is 0.312 e. The van der Waals surface area contributed by atoms with Gasteiger partial charge in [0.05, 0.1) is 0 Å². The average Bonchev–Trinajstić information content (AvgIpc) is 2.35. The Morgan fingerprint density at radius 3 is 2.50 bits per heavy atom. The molecule has 0 aliphatic carbocycles. The van der Waals surface area contributed by atoms with Crippen LogP contribution in [-0.2, 0) is 0 Å². The number of aromatic nitrogens is 1. The highest BCUT2D eigenvalue weighted by atomic mass is 14.9. The summed E-state index contributed by atoms with van der Waals surface area (Å²) in [4.78, 5) is 4.08. The first-order valence-corrected chi connectivity index (χ1v) is 7.20. The van der Waals surface area contributed by atoms with Crippen LogP contribution in [0.25, 0.3) is 0 Å². The van der Waals surface area contributed by atoms with Gasteiger partial charge in [-0.3, -0.25) is 4.98 Å². The highest BCUT2D eigenvalue weighted by Gasteiger charge is 2.20. The predicted octanol–water partition coefficient (Wildman–Crippen LogP) is 4.13. The van der Waals surface area contributed by atoms with E-state index in [9.17, 15) is 0 Å². The lowest BCUT2D eigenvalue weighted by molar-refractivity contribution is 0.337. The Hall–Kier alpha value is -0.890. The molecule has 1 rings (SSSR count). The summed E-state index contributed by atoms with van der Waals surface area (Å²) in [5.74, 6) is 0.571. The predicted molar refractivity (Wildman–Crippen MR) is 78.9 cm³/mol. The number of pyridine rings is 1. The van der Waals surface area contributed by atoms with Gasteiger partial charge < -0.3 is 5.32 Å². The average molecular weight is 248 g/mol. The second-order valence-electron chi connectivity index (χ2n) is 5.90. The van der Waals surface area contributed by atoms with Crippen molar-refractivity contribution < 1.29 is 0 Å². The van der Waals surface area contributed by atoms with Gasteiger partial charge in [-0.1, -0.05) is 26.7 Å². The minimum Gasteiger partial charge on any atom is -0.312 e. The van der Waals surface area contributed by atoms with Gasteiger partial charge in [0.2, 0.25) is 0 Å². The van der Waals surface area contributed by atoms with Crippen molar-refractivity contribution >= 4 is 0 Å². The molecule has 1 atom stereocenters. The second-order valence-corrected chi connectivity index (χ2v) is 5.90. The van der Waals surface area contributed by atoms with Crippen LogP contribution in [0.1, 0.15) is 64.9 Å². The lowest BCUT2D eigenvalue weighted by atomic mass is 9.87. The van der Waals surface area contributed by atoms with Crippen molar-refractivity contribution in [3.63, 3.8) is 0 Å². The van der Waals surface area contributed by atoms with Gasteiger partial charge in [0, 0.05) is 17.9 Å². The summed E-state index contributed by atoms with van der Waals surface area (Å²) >= 11 is 0. The van der Waals surface area contributed by atoms with Gasteiger partial charge in [-0.05, 0) is 56.8 Å². The SMILES string of the molecule is CCCCCNC(C)(C)CC(C)c1ccncc1. The fraction of sp³-hybridized carbons (Fsp3) is 0.688. The van der Waals surface area contributed by atoms with Gasteiger partial charge in [0.1, 0.15) is 0 Å². The summed E-state index contributed by atoms with van der Waals surface area (Å²) in [7, 11) is 0. The smallest absolute Gasteiger partial charge is 0.0270 e. The molecule has 1 aromatic rings. The van der Waals surface area contributed by atoms with E-state index in [0.717, 1.165) is 13.0 Å². The van der Waals surface area contributed by atoms with Crippen molar-refractivity contribution in [2.24, 2.45) is 0 Å². The molecule has 0 spiro atoms. The lowest BCUT2D eigenvalue weighted by Crippen LogP contribution is -2.40. The van der Waals surface area contributed by atoms with E-state index < -0.39 is 0 Å². The van der Waals surface area contributed by atoms with E-state index in [-0.39, 0.29) is 5.54 Å². The summed E-state index contributed by atoms with van der Waals surface area (Å²) in [6.45, 7) is 10.3. The number of rotatable bonds is 8. The Kier molecular flexibility index (Phi) is 6.34. The summed E-state index contributed by atoms with van der Waals surface area (Å²) in [6, 6.07) is 4.25. The standard InChI is InChI=1S/C16H28N2/c1-5-6-7-10-18-16(3,4)13-14(2)15-8-11-17-12-9-15/h8-9,11-12,14,18H,5-7,10,13H2,1-4H3. The van der Waals surface area contributed by atoms with Crippen LogP contribution in [0.4, 0.5) is 0 Å². The summed E-state index contributed by atoms with van der Waals surface area (Å²) in [6.07, 6.45) is 8.81. The zero-order chi connectivity index (χ0) is 13.4. The molecule has 2 nitrogen and oxygen atoms in total. The molecular formula is C16H28N2. The molecule has 0 bridgehead atoms. The zero-order valence-electron chi connectivity index (χ0n) is 12.4. The van der Waals surface area contributed by atoms with Crippen molar-refractivity contribution in [2.75, 3.05) is 6.54 Å². The molecule has 0 aliphatic rings. The van der Waals surface area contributed by atoms with E-state index in [4.69, 9.17) is 0 Å². The second kappa shape index (κ2) is 7.52.